The van der Waals surface area contributed by atoms with Gasteiger partial charge in [0.2, 0.25) is 0 Å². The average Bonchev–Trinajstić information content (AvgIpc) is 2.54. The number of benzene rings is 1. The molecule has 0 aliphatic carbocycles. The van der Waals surface area contributed by atoms with E-state index in [1.807, 2.05) is 30.3 Å². The molecule has 0 radical (unpaired) electrons. The smallest absolute Gasteiger partial charge is 0.255 e. The average molecular weight is 470 g/mol. The summed E-state index contributed by atoms with van der Waals surface area (Å²) in [7, 11) is 0. The molecule has 1 aromatic carbocycles. The fourth-order valence-corrected chi connectivity index (χ4v) is 2.91. The van der Waals surface area contributed by atoms with Crippen LogP contribution in [0.15, 0.2) is 47.2 Å². The van der Waals surface area contributed by atoms with Crippen LogP contribution in [0, 0.1) is 14.9 Å². The van der Waals surface area contributed by atoms with Gasteiger partial charge >= 0.3 is 0 Å². The number of rotatable bonds is 5. The highest BCUT2D eigenvalue weighted by atomic mass is 127. The molecule has 2 rings (SSSR count). The maximum Gasteiger partial charge on any atom is 0.255 e. The first-order valence-corrected chi connectivity index (χ1v) is 8.49. The summed E-state index contributed by atoms with van der Waals surface area (Å²) in [5, 5.41) is 8.82. The van der Waals surface area contributed by atoms with Crippen molar-refractivity contribution in [1.82, 2.24) is 9.88 Å². The molecule has 112 valence electrons. The van der Waals surface area contributed by atoms with Crippen molar-refractivity contribution in [2.24, 2.45) is 0 Å². The van der Waals surface area contributed by atoms with Crippen LogP contribution in [0.1, 0.15) is 22.3 Å². The van der Waals surface area contributed by atoms with Gasteiger partial charge in [-0.1, -0.05) is 22.0 Å². The maximum absolute atomic E-state index is 12.8. The Morgan fingerprint density at radius 1 is 1.41 bits per heavy atom. The van der Waals surface area contributed by atoms with Crippen LogP contribution in [0.4, 0.5) is 0 Å². The van der Waals surface area contributed by atoms with Crippen LogP contribution < -0.4 is 0 Å². The predicted octanol–water partition coefficient (Wildman–Crippen LogP) is 4.00. The van der Waals surface area contributed by atoms with Gasteiger partial charge in [0.15, 0.2) is 0 Å². The van der Waals surface area contributed by atoms with E-state index in [-0.39, 0.29) is 5.91 Å². The van der Waals surface area contributed by atoms with Gasteiger partial charge in [0.1, 0.15) is 0 Å². The van der Waals surface area contributed by atoms with E-state index < -0.39 is 0 Å². The summed E-state index contributed by atoms with van der Waals surface area (Å²) in [6, 6.07) is 11.5. The molecule has 0 bridgehead atoms. The Morgan fingerprint density at radius 2 is 2.23 bits per heavy atom. The highest BCUT2D eigenvalue weighted by molar-refractivity contribution is 14.1. The van der Waals surface area contributed by atoms with Gasteiger partial charge in [-0.3, -0.25) is 9.78 Å². The van der Waals surface area contributed by atoms with E-state index >= 15 is 0 Å². The van der Waals surface area contributed by atoms with Crippen LogP contribution in [0.25, 0.3) is 0 Å². The molecule has 0 aliphatic heterocycles. The zero-order valence-corrected chi connectivity index (χ0v) is 15.4. The van der Waals surface area contributed by atoms with E-state index in [9.17, 15) is 4.79 Å². The summed E-state index contributed by atoms with van der Waals surface area (Å²) in [5.41, 5.74) is 1.58. The lowest BCUT2D eigenvalue weighted by Gasteiger charge is -2.22. The standard InChI is InChI=1S/C16H13BrIN3O/c17-13-4-5-15(18)14(9-13)16(22)21(8-2-6-19)11-12-3-1-7-20-10-12/h1,3-5,7,9-10H,2,8,11H2. The second kappa shape index (κ2) is 8.25. The highest BCUT2D eigenvalue weighted by Gasteiger charge is 2.18. The number of carbonyl (C=O) groups is 1. The molecule has 0 atom stereocenters. The first kappa shape index (κ1) is 16.9. The summed E-state index contributed by atoms with van der Waals surface area (Å²) in [6.07, 6.45) is 3.73. The summed E-state index contributed by atoms with van der Waals surface area (Å²) in [4.78, 5) is 18.6. The molecular weight excluding hydrogens is 457 g/mol. The maximum atomic E-state index is 12.8. The summed E-state index contributed by atoms with van der Waals surface area (Å²) in [5.74, 6) is -0.0789. The topological polar surface area (TPSA) is 57.0 Å². The van der Waals surface area contributed by atoms with Crippen LogP contribution in [-0.2, 0) is 6.54 Å². The third-order valence-corrected chi connectivity index (χ3v) is 4.47. The quantitative estimate of drug-likeness (QED) is 0.622. The van der Waals surface area contributed by atoms with Gasteiger partial charge in [0.25, 0.3) is 5.91 Å². The number of halogens is 2. The fourth-order valence-electron chi connectivity index (χ4n) is 1.98. The molecule has 1 aromatic heterocycles. The van der Waals surface area contributed by atoms with E-state index in [1.54, 1.807) is 17.3 Å². The van der Waals surface area contributed by atoms with E-state index in [2.05, 4.69) is 49.6 Å². The number of carbonyl (C=O) groups excluding carboxylic acids is 1. The number of pyridine rings is 1. The van der Waals surface area contributed by atoms with Gasteiger partial charge in [-0.15, -0.1) is 0 Å². The molecule has 0 fully saturated rings. The van der Waals surface area contributed by atoms with Gasteiger partial charge in [0, 0.05) is 33.5 Å². The lowest BCUT2D eigenvalue weighted by atomic mass is 10.1. The van der Waals surface area contributed by atoms with E-state index in [0.717, 1.165) is 13.6 Å². The Balaban J connectivity index is 2.26. The number of aromatic nitrogens is 1. The largest absolute Gasteiger partial charge is 0.333 e. The Labute approximate surface area is 151 Å². The highest BCUT2D eigenvalue weighted by Crippen LogP contribution is 2.21. The Kier molecular flexibility index (Phi) is 6.34. The van der Waals surface area contributed by atoms with Crippen molar-refractivity contribution in [1.29, 1.82) is 5.26 Å². The van der Waals surface area contributed by atoms with Crippen LogP contribution in [0.2, 0.25) is 0 Å². The molecule has 1 amide bonds. The molecule has 22 heavy (non-hydrogen) atoms. The molecule has 4 nitrogen and oxygen atoms in total. The molecule has 0 aliphatic rings. The molecular formula is C16H13BrIN3O. The Hall–Kier alpha value is -1.46. The van der Waals surface area contributed by atoms with Crippen molar-refractivity contribution >= 4 is 44.4 Å². The number of hydrogen-bond acceptors (Lipinski definition) is 3. The number of nitrogens with zero attached hydrogens (tertiary/aromatic N) is 3. The molecule has 1 heterocycles. The number of nitriles is 1. The number of amides is 1. The minimum atomic E-state index is -0.0789. The van der Waals surface area contributed by atoms with Crippen LogP contribution in [0.3, 0.4) is 0 Å². The molecule has 0 saturated carbocycles. The van der Waals surface area contributed by atoms with Gasteiger partial charge in [0.05, 0.1) is 18.1 Å². The lowest BCUT2D eigenvalue weighted by Crippen LogP contribution is -2.32. The summed E-state index contributed by atoms with van der Waals surface area (Å²) in [6.45, 7) is 0.837. The lowest BCUT2D eigenvalue weighted by molar-refractivity contribution is 0.0745. The van der Waals surface area contributed by atoms with Gasteiger partial charge in [-0.05, 0) is 52.4 Å². The Morgan fingerprint density at radius 3 is 2.91 bits per heavy atom. The van der Waals surface area contributed by atoms with Gasteiger partial charge in [-0.25, -0.2) is 0 Å². The monoisotopic (exact) mass is 469 g/mol. The van der Waals surface area contributed by atoms with Gasteiger partial charge < -0.3 is 4.90 Å². The fraction of sp³-hybridized carbons (Fsp3) is 0.188. The van der Waals surface area contributed by atoms with E-state index in [4.69, 9.17) is 5.26 Å². The first-order valence-electron chi connectivity index (χ1n) is 6.62. The van der Waals surface area contributed by atoms with Crippen molar-refractivity contribution in [3.63, 3.8) is 0 Å². The third-order valence-electron chi connectivity index (χ3n) is 3.04. The van der Waals surface area contributed by atoms with E-state index in [1.165, 1.54) is 0 Å². The normalized spacial score (nSPS) is 10.0. The van der Waals surface area contributed by atoms with Crippen molar-refractivity contribution in [2.45, 2.75) is 13.0 Å². The Bertz CT molecular complexity index is 700. The second-order valence-electron chi connectivity index (χ2n) is 4.62. The zero-order valence-electron chi connectivity index (χ0n) is 11.7. The van der Waals surface area contributed by atoms with Gasteiger partial charge in [-0.2, -0.15) is 5.26 Å². The van der Waals surface area contributed by atoms with Crippen LogP contribution in [-0.4, -0.2) is 22.3 Å². The van der Waals surface area contributed by atoms with Crippen LogP contribution >= 0.6 is 38.5 Å². The minimum Gasteiger partial charge on any atom is -0.333 e. The van der Waals surface area contributed by atoms with Crippen LogP contribution in [0.5, 0.6) is 0 Å². The van der Waals surface area contributed by atoms with Crippen molar-refractivity contribution in [3.05, 3.63) is 61.9 Å². The van der Waals surface area contributed by atoms with Crippen molar-refractivity contribution < 1.29 is 4.79 Å². The zero-order chi connectivity index (χ0) is 15.9. The molecule has 0 N–H and O–H groups in total. The molecule has 2 aromatic rings. The number of hydrogen-bond donors (Lipinski definition) is 0. The third kappa shape index (κ3) is 4.52. The molecule has 0 spiro atoms. The second-order valence-corrected chi connectivity index (χ2v) is 6.70. The SMILES string of the molecule is N#CCCN(Cc1cccnc1)C(=O)c1cc(Br)ccc1I. The molecule has 0 unspecified atom stereocenters. The predicted molar refractivity (Wildman–Crippen MR) is 96.1 cm³/mol. The minimum absolute atomic E-state index is 0.0789. The summed E-state index contributed by atoms with van der Waals surface area (Å²) >= 11 is 5.55. The van der Waals surface area contributed by atoms with E-state index in [0.29, 0.717) is 25.1 Å². The van der Waals surface area contributed by atoms with Crippen molar-refractivity contribution in [3.8, 4) is 6.07 Å². The first-order chi connectivity index (χ1) is 10.6. The van der Waals surface area contributed by atoms with Crippen molar-refractivity contribution in [2.75, 3.05) is 6.54 Å². The summed E-state index contributed by atoms with van der Waals surface area (Å²) < 4.78 is 1.75. The molecule has 0 saturated heterocycles. The molecule has 6 heteroatoms.